The van der Waals surface area contributed by atoms with Gasteiger partial charge in [0.25, 0.3) is 5.91 Å². The first-order valence-electron chi connectivity index (χ1n) is 10.1. The number of aromatic nitrogens is 4. The maximum absolute atomic E-state index is 13.2. The summed E-state index contributed by atoms with van der Waals surface area (Å²) in [4.78, 5) is 26.1. The number of rotatable bonds is 4. The standard InChI is InChI=1S/C22H21N7O/c23-13-16-3-6-19(25-14-16)21-12-20(26-29(21)18-2-1-7-24-15-18)22(30)28-10-8-27(9-11-28)17-4-5-17/h1-3,6-7,12,14-15,17H,4-5,8-11H2. The SMILES string of the molecule is N#Cc1ccc(-c2cc(C(=O)N3CCN(C4CC4)CC3)nn2-c2cccnc2)nc1. The van der Waals surface area contributed by atoms with Crippen LogP contribution in [0.25, 0.3) is 17.1 Å². The Kier molecular flexibility index (Phi) is 4.73. The van der Waals surface area contributed by atoms with Crippen LogP contribution in [0, 0.1) is 11.3 Å². The lowest BCUT2D eigenvalue weighted by molar-refractivity contribution is 0.0621. The molecule has 0 atom stereocenters. The first-order chi connectivity index (χ1) is 14.7. The minimum absolute atomic E-state index is 0.0667. The van der Waals surface area contributed by atoms with Crippen LogP contribution in [0.4, 0.5) is 0 Å². The van der Waals surface area contributed by atoms with Crippen molar-refractivity contribution in [2.75, 3.05) is 26.2 Å². The number of amides is 1. The second-order valence-electron chi connectivity index (χ2n) is 7.64. The zero-order valence-electron chi connectivity index (χ0n) is 16.5. The smallest absolute Gasteiger partial charge is 0.274 e. The van der Waals surface area contributed by atoms with Gasteiger partial charge in [-0.05, 0) is 43.2 Å². The fourth-order valence-electron chi connectivity index (χ4n) is 3.85. The lowest BCUT2D eigenvalue weighted by Gasteiger charge is -2.34. The van der Waals surface area contributed by atoms with Gasteiger partial charge in [0.15, 0.2) is 5.69 Å². The fourth-order valence-corrected chi connectivity index (χ4v) is 3.85. The van der Waals surface area contributed by atoms with Crippen molar-refractivity contribution in [3.05, 3.63) is 60.2 Å². The van der Waals surface area contributed by atoms with E-state index in [1.165, 1.54) is 19.0 Å². The lowest BCUT2D eigenvalue weighted by atomic mass is 10.2. The second-order valence-corrected chi connectivity index (χ2v) is 7.64. The number of piperazine rings is 1. The lowest BCUT2D eigenvalue weighted by Crippen LogP contribution is -2.49. The average Bonchev–Trinajstić information content (AvgIpc) is 3.57. The molecular formula is C22H21N7O. The molecule has 0 spiro atoms. The number of nitriles is 1. The van der Waals surface area contributed by atoms with E-state index in [9.17, 15) is 4.79 Å². The van der Waals surface area contributed by atoms with Crippen molar-refractivity contribution >= 4 is 5.91 Å². The minimum Gasteiger partial charge on any atom is -0.335 e. The molecule has 4 heterocycles. The van der Waals surface area contributed by atoms with Gasteiger partial charge in [0.2, 0.25) is 0 Å². The number of pyridine rings is 2. The molecule has 0 N–H and O–H groups in total. The van der Waals surface area contributed by atoms with Gasteiger partial charge in [0.1, 0.15) is 6.07 Å². The van der Waals surface area contributed by atoms with Crippen LogP contribution in [0.5, 0.6) is 0 Å². The third-order valence-electron chi connectivity index (χ3n) is 5.64. The van der Waals surface area contributed by atoms with E-state index in [4.69, 9.17) is 5.26 Å². The number of carbonyl (C=O) groups excluding carboxylic acids is 1. The molecule has 30 heavy (non-hydrogen) atoms. The Balaban J connectivity index is 1.46. The Morgan fingerprint density at radius 1 is 1.10 bits per heavy atom. The first-order valence-corrected chi connectivity index (χ1v) is 10.1. The van der Waals surface area contributed by atoms with Gasteiger partial charge in [0.05, 0.1) is 28.8 Å². The van der Waals surface area contributed by atoms with Crippen molar-refractivity contribution in [1.82, 2.24) is 29.5 Å². The zero-order valence-corrected chi connectivity index (χ0v) is 16.5. The molecular weight excluding hydrogens is 378 g/mol. The van der Waals surface area contributed by atoms with Gasteiger partial charge < -0.3 is 4.90 Å². The summed E-state index contributed by atoms with van der Waals surface area (Å²) in [5.74, 6) is -0.0667. The highest BCUT2D eigenvalue weighted by Crippen LogP contribution is 2.28. The first kappa shape index (κ1) is 18.5. The van der Waals surface area contributed by atoms with Crippen LogP contribution in [0.2, 0.25) is 0 Å². The second kappa shape index (κ2) is 7.69. The molecule has 8 nitrogen and oxygen atoms in total. The topological polar surface area (TPSA) is 90.9 Å². The molecule has 0 unspecified atom stereocenters. The molecule has 1 aliphatic heterocycles. The average molecular weight is 399 g/mol. The van der Waals surface area contributed by atoms with Gasteiger partial charge in [0, 0.05) is 44.6 Å². The summed E-state index contributed by atoms with van der Waals surface area (Å²) in [6, 6.07) is 11.8. The third kappa shape index (κ3) is 3.55. The van der Waals surface area contributed by atoms with Crippen LogP contribution in [-0.2, 0) is 0 Å². The van der Waals surface area contributed by atoms with Gasteiger partial charge >= 0.3 is 0 Å². The Bertz CT molecular complexity index is 1090. The predicted octanol–water partition coefficient (Wildman–Crippen LogP) is 2.12. The predicted molar refractivity (Wildman–Crippen MR) is 110 cm³/mol. The number of hydrogen-bond donors (Lipinski definition) is 0. The van der Waals surface area contributed by atoms with Gasteiger partial charge in [-0.25, -0.2) is 4.68 Å². The quantitative estimate of drug-likeness (QED) is 0.667. The van der Waals surface area contributed by atoms with E-state index in [0.717, 1.165) is 37.9 Å². The van der Waals surface area contributed by atoms with Gasteiger partial charge in [-0.2, -0.15) is 10.4 Å². The summed E-state index contributed by atoms with van der Waals surface area (Å²) in [5, 5.41) is 13.6. The molecule has 1 saturated heterocycles. The third-order valence-corrected chi connectivity index (χ3v) is 5.64. The molecule has 0 aromatic carbocycles. The van der Waals surface area contributed by atoms with E-state index >= 15 is 0 Å². The Labute approximate surface area is 174 Å². The number of hydrogen-bond acceptors (Lipinski definition) is 6. The van der Waals surface area contributed by atoms with Crippen molar-refractivity contribution in [2.45, 2.75) is 18.9 Å². The van der Waals surface area contributed by atoms with Crippen LogP contribution in [0.15, 0.2) is 48.9 Å². The van der Waals surface area contributed by atoms with E-state index < -0.39 is 0 Å². The Morgan fingerprint density at radius 3 is 2.57 bits per heavy atom. The van der Waals surface area contributed by atoms with Gasteiger partial charge in [-0.15, -0.1) is 0 Å². The van der Waals surface area contributed by atoms with Gasteiger partial charge in [-0.1, -0.05) is 0 Å². The largest absolute Gasteiger partial charge is 0.335 e. The summed E-state index contributed by atoms with van der Waals surface area (Å²) in [6.07, 6.45) is 7.48. The van der Waals surface area contributed by atoms with Crippen molar-refractivity contribution in [3.63, 3.8) is 0 Å². The molecule has 3 aromatic rings. The van der Waals surface area contributed by atoms with Crippen LogP contribution in [-0.4, -0.2) is 67.7 Å². The van der Waals surface area contributed by atoms with Crippen molar-refractivity contribution < 1.29 is 4.79 Å². The van der Waals surface area contributed by atoms with Crippen LogP contribution in [0.1, 0.15) is 28.9 Å². The van der Waals surface area contributed by atoms with Crippen molar-refractivity contribution in [2.24, 2.45) is 0 Å². The zero-order chi connectivity index (χ0) is 20.5. The van der Waals surface area contributed by atoms with E-state index in [1.54, 1.807) is 35.3 Å². The van der Waals surface area contributed by atoms with Crippen molar-refractivity contribution in [3.8, 4) is 23.1 Å². The highest BCUT2D eigenvalue weighted by atomic mass is 16.2. The number of carbonyl (C=O) groups is 1. The van der Waals surface area contributed by atoms with E-state index in [-0.39, 0.29) is 5.91 Å². The molecule has 1 aliphatic carbocycles. The molecule has 2 aliphatic rings. The maximum Gasteiger partial charge on any atom is 0.274 e. The molecule has 1 saturated carbocycles. The minimum atomic E-state index is -0.0667. The fraction of sp³-hybridized carbons (Fsp3) is 0.318. The molecule has 1 amide bonds. The molecule has 0 radical (unpaired) electrons. The summed E-state index contributed by atoms with van der Waals surface area (Å²) in [7, 11) is 0. The summed E-state index contributed by atoms with van der Waals surface area (Å²) < 4.78 is 1.69. The molecule has 8 heteroatoms. The van der Waals surface area contributed by atoms with E-state index in [0.29, 0.717) is 22.6 Å². The summed E-state index contributed by atoms with van der Waals surface area (Å²) >= 11 is 0. The molecule has 3 aromatic heterocycles. The highest BCUT2D eigenvalue weighted by Gasteiger charge is 2.33. The highest BCUT2D eigenvalue weighted by molar-refractivity contribution is 5.93. The molecule has 0 bridgehead atoms. The molecule has 5 rings (SSSR count). The van der Waals surface area contributed by atoms with Crippen LogP contribution < -0.4 is 0 Å². The maximum atomic E-state index is 13.2. The van der Waals surface area contributed by atoms with E-state index in [2.05, 4.69) is 26.0 Å². The number of nitrogens with zero attached hydrogens (tertiary/aromatic N) is 7. The Hall–Kier alpha value is -3.57. The summed E-state index contributed by atoms with van der Waals surface area (Å²) in [6.45, 7) is 3.28. The monoisotopic (exact) mass is 399 g/mol. The summed E-state index contributed by atoms with van der Waals surface area (Å²) in [5.41, 5.74) is 2.95. The molecule has 150 valence electrons. The Morgan fingerprint density at radius 2 is 1.93 bits per heavy atom. The van der Waals surface area contributed by atoms with Crippen LogP contribution >= 0.6 is 0 Å². The molecule has 2 fully saturated rings. The van der Waals surface area contributed by atoms with Crippen LogP contribution in [0.3, 0.4) is 0 Å². The normalized spacial score (nSPS) is 17.0. The van der Waals surface area contributed by atoms with E-state index in [1.807, 2.05) is 17.0 Å². The van der Waals surface area contributed by atoms with Crippen molar-refractivity contribution in [1.29, 1.82) is 5.26 Å². The van der Waals surface area contributed by atoms with Gasteiger partial charge in [-0.3, -0.25) is 19.7 Å².